The van der Waals surface area contributed by atoms with Crippen LogP contribution in [-0.4, -0.2) is 37.7 Å². The Balaban J connectivity index is 3.18. The van der Waals surface area contributed by atoms with Crippen LogP contribution in [0.2, 0.25) is 0 Å². The first-order valence-corrected chi connectivity index (χ1v) is 6.02. The Kier molecular flexibility index (Phi) is 5.45. The highest BCUT2D eigenvalue weighted by molar-refractivity contribution is 6.00. The molecule has 5 heteroatoms. The van der Waals surface area contributed by atoms with Gasteiger partial charge in [0.2, 0.25) is 0 Å². The smallest absolute Gasteiger partial charge is 0.124 e. The molecule has 0 heterocycles. The highest BCUT2D eigenvalue weighted by Gasteiger charge is 2.13. The van der Waals surface area contributed by atoms with Gasteiger partial charge in [0, 0.05) is 24.7 Å². The Morgan fingerprint density at radius 2 is 2.17 bits per heavy atom. The summed E-state index contributed by atoms with van der Waals surface area (Å²) in [5.41, 5.74) is 7.09. The van der Waals surface area contributed by atoms with Crippen molar-refractivity contribution in [1.82, 2.24) is 0 Å². The number of nitrogens with two attached hydrogens (primary N) is 1. The number of ether oxygens (including phenoxy) is 1. The number of amidine groups is 1. The van der Waals surface area contributed by atoms with E-state index in [0.717, 1.165) is 18.7 Å². The lowest BCUT2D eigenvalue weighted by atomic mass is 10.1. The topological polar surface area (TPSA) is 82.6 Å². The number of nitrogens with zero attached hydrogens (tertiary/aromatic N) is 1. The summed E-state index contributed by atoms with van der Waals surface area (Å²) in [6, 6.07) is 5.40. The van der Waals surface area contributed by atoms with Crippen molar-refractivity contribution < 1.29 is 9.84 Å². The molecule has 0 aromatic heterocycles. The SMILES string of the molecule is CCCN(CCO)c1cc(OC)ccc1C(=N)N. The summed E-state index contributed by atoms with van der Waals surface area (Å²) in [6.07, 6.45) is 0.953. The largest absolute Gasteiger partial charge is 0.497 e. The zero-order valence-electron chi connectivity index (χ0n) is 10.9. The number of nitrogen functional groups attached to an aromatic ring is 1. The Morgan fingerprint density at radius 1 is 1.44 bits per heavy atom. The molecule has 0 unspecified atom stereocenters. The van der Waals surface area contributed by atoms with Crippen molar-refractivity contribution in [3.63, 3.8) is 0 Å². The number of hydrogen-bond donors (Lipinski definition) is 3. The molecule has 1 rings (SSSR count). The van der Waals surface area contributed by atoms with Crippen molar-refractivity contribution >= 4 is 11.5 Å². The number of hydrogen-bond acceptors (Lipinski definition) is 4. The highest BCUT2D eigenvalue weighted by atomic mass is 16.5. The number of aliphatic hydroxyl groups excluding tert-OH is 1. The van der Waals surface area contributed by atoms with Crippen molar-refractivity contribution in [2.75, 3.05) is 31.7 Å². The first kappa shape index (κ1) is 14.3. The standard InChI is InChI=1S/C13H21N3O2/c1-3-6-16(7-8-17)12-9-10(18-2)4-5-11(12)13(14)15/h4-5,9,17H,3,6-8H2,1-2H3,(H3,14,15). The molecule has 0 saturated heterocycles. The molecule has 0 amide bonds. The second-order valence-electron chi connectivity index (χ2n) is 4.01. The van der Waals surface area contributed by atoms with E-state index in [9.17, 15) is 0 Å². The monoisotopic (exact) mass is 251 g/mol. The quantitative estimate of drug-likeness (QED) is 0.502. The van der Waals surface area contributed by atoms with Crippen LogP contribution < -0.4 is 15.4 Å². The van der Waals surface area contributed by atoms with Crippen molar-refractivity contribution in [3.05, 3.63) is 23.8 Å². The zero-order valence-corrected chi connectivity index (χ0v) is 10.9. The zero-order chi connectivity index (χ0) is 13.5. The van der Waals surface area contributed by atoms with Crippen LogP contribution in [0.1, 0.15) is 18.9 Å². The van der Waals surface area contributed by atoms with Gasteiger partial charge in [-0.2, -0.15) is 0 Å². The van der Waals surface area contributed by atoms with Crippen LogP contribution >= 0.6 is 0 Å². The lowest BCUT2D eigenvalue weighted by Crippen LogP contribution is -2.30. The normalized spacial score (nSPS) is 10.2. The van der Waals surface area contributed by atoms with Gasteiger partial charge in [0.25, 0.3) is 0 Å². The average molecular weight is 251 g/mol. The van der Waals surface area contributed by atoms with Gasteiger partial charge in [-0.15, -0.1) is 0 Å². The summed E-state index contributed by atoms with van der Waals surface area (Å²) in [4.78, 5) is 2.01. The van der Waals surface area contributed by atoms with E-state index in [-0.39, 0.29) is 12.4 Å². The van der Waals surface area contributed by atoms with Crippen LogP contribution in [0.25, 0.3) is 0 Å². The van der Waals surface area contributed by atoms with Crippen molar-refractivity contribution in [3.8, 4) is 5.75 Å². The summed E-state index contributed by atoms with van der Waals surface area (Å²) < 4.78 is 5.20. The van der Waals surface area contributed by atoms with E-state index in [1.807, 2.05) is 11.0 Å². The number of benzene rings is 1. The third-order valence-corrected chi connectivity index (χ3v) is 2.70. The van der Waals surface area contributed by atoms with E-state index >= 15 is 0 Å². The summed E-state index contributed by atoms with van der Waals surface area (Å²) in [5.74, 6) is 0.737. The maximum absolute atomic E-state index is 9.12. The predicted octanol–water partition coefficient (Wildman–Crippen LogP) is 1.19. The summed E-state index contributed by atoms with van der Waals surface area (Å²) in [5, 5.41) is 16.7. The lowest BCUT2D eigenvalue weighted by Gasteiger charge is -2.26. The first-order chi connectivity index (χ1) is 8.63. The van der Waals surface area contributed by atoms with Crippen LogP contribution in [0.4, 0.5) is 5.69 Å². The molecule has 4 N–H and O–H groups in total. The Labute approximate surface area is 108 Å². The minimum absolute atomic E-state index is 0.0201. The molecule has 1 aromatic carbocycles. The molecule has 18 heavy (non-hydrogen) atoms. The lowest BCUT2D eigenvalue weighted by molar-refractivity contribution is 0.301. The van der Waals surface area contributed by atoms with Crippen LogP contribution in [-0.2, 0) is 0 Å². The molecule has 5 nitrogen and oxygen atoms in total. The maximum Gasteiger partial charge on any atom is 0.124 e. The van der Waals surface area contributed by atoms with Gasteiger partial charge in [0.1, 0.15) is 11.6 Å². The van der Waals surface area contributed by atoms with E-state index in [4.69, 9.17) is 21.0 Å². The Hall–Kier alpha value is -1.75. The van der Waals surface area contributed by atoms with Gasteiger partial charge in [-0.05, 0) is 18.6 Å². The summed E-state index contributed by atoms with van der Waals surface area (Å²) >= 11 is 0. The fourth-order valence-electron chi connectivity index (χ4n) is 1.87. The van der Waals surface area contributed by atoms with Crippen LogP contribution in [0.5, 0.6) is 5.75 Å². The fourth-order valence-corrected chi connectivity index (χ4v) is 1.87. The molecule has 0 saturated carbocycles. The van der Waals surface area contributed by atoms with E-state index in [1.54, 1.807) is 19.2 Å². The van der Waals surface area contributed by atoms with Crippen LogP contribution in [0.3, 0.4) is 0 Å². The number of nitrogens with one attached hydrogen (secondary N) is 1. The molecule has 0 bridgehead atoms. The first-order valence-electron chi connectivity index (χ1n) is 6.02. The van der Waals surface area contributed by atoms with E-state index < -0.39 is 0 Å². The molecule has 0 atom stereocenters. The second kappa shape index (κ2) is 6.86. The molecule has 0 spiro atoms. The van der Waals surface area contributed by atoms with E-state index in [0.29, 0.717) is 17.9 Å². The molecule has 0 aliphatic rings. The maximum atomic E-state index is 9.12. The molecule has 0 aliphatic heterocycles. The third kappa shape index (κ3) is 3.37. The number of anilines is 1. The van der Waals surface area contributed by atoms with Gasteiger partial charge in [0.15, 0.2) is 0 Å². The van der Waals surface area contributed by atoms with Gasteiger partial charge in [0.05, 0.1) is 19.4 Å². The van der Waals surface area contributed by atoms with Crippen LogP contribution in [0.15, 0.2) is 18.2 Å². The molecule has 0 aliphatic carbocycles. The molecular weight excluding hydrogens is 230 g/mol. The molecule has 1 aromatic rings. The molecule has 0 fully saturated rings. The second-order valence-corrected chi connectivity index (χ2v) is 4.01. The molecule has 0 radical (unpaired) electrons. The molecule has 100 valence electrons. The van der Waals surface area contributed by atoms with Crippen molar-refractivity contribution in [1.29, 1.82) is 5.41 Å². The molecular formula is C13H21N3O2. The van der Waals surface area contributed by atoms with Gasteiger partial charge in [-0.3, -0.25) is 5.41 Å². The Bertz CT molecular complexity index is 401. The minimum Gasteiger partial charge on any atom is -0.497 e. The van der Waals surface area contributed by atoms with Crippen LogP contribution in [0, 0.1) is 5.41 Å². The Morgan fingerprint density at radius 3 is 2.67 bits per heavy atom. The van der Waals surface area contributed by atoms with Crippen molar-refractivity contribution in [2.24, 2.45) is 5.73 Å². The highest BCUT2D eigenvalue weighted by Crippen LogP contribution is 2.26. The summed E-state index contributed by atoms with van der Waals surface area (Å²) in [7, 11) is 1.60. The van der Waals surface area contributed by atoms with Crippen molar-refractivity contribution in [2.45, 2.75) is 13.3 Å². The summed E-state index contributed by atoms with van der Waals surface area (Å²) in [6.45, 7) is 3.45. The van der Waals surface area contributed by atoms with Gasteiger partial charge < -0.3 is 20.5 Å². The predicted molar refractivity (Wildman–Crippen MR) is 73.6 cm³/mol. The average Bonchev–Trinajstić information content (AvgIpc) is 2.37. The van der Waals surface area contributed by atoms with Gasteiger partial charge >= 0.3 is 0 Å². The van der Waals surface area contributed by atoms with Gasteiger partial charge in [-0.1, -0.05) is 6.92 Å². The van der Waals surface area contributed by atoms with E-state index in [2.05, 4.69) is 6.92 Å². The number of rotatable bonds is 7. The van der Waals surface area contributed by atoms with Gasteiger partial charge in [-0.25, -0.2) is 0 Å². The fraction of sp³-hybridized carbons (Fsp3) is 0.462. The minimum atomic E-state index is 0.0201. The van der Waals surface area contributed by atoms with E-state index in [1.165, 1.54) is 0 Å². The number of methoxy groups -OCH3 is 1. The third-order valence-electron chi connectivity index (χ3n) is 2.70. The number of aliphatic hydroxyl groups is 1.